The van der Waals surface area contributed by atoms with E-state index in [0.717, 1.165) is 48.7 Å². The van der Waals surface area contributed by atoms with Gasteiger partial charge in [-0.15, -0.1) is 0 Å². The number of hydrogen-bond acceptors (Lipinski definition) is 4. The Bertz CT molecular complexity index is 979. The van der Waals surface area contributed by atoms with E-state index in [-0.39, 0.29) is 5.78 Å². The van der Waals surface area contributed by atoms with Gasteiger partial charge in [-0.2, -0.15) is 5.26 Å². The summed E-state index contributed by atoms with van der Waals surface area (Å²) in [4.78, 5) is 15.9. The number of ketones is 1. The van der Waals surface area contributed by atoms with Crippen LogP contribution in [0, 0.1) is 30.1 Å². The normalized spacial score (nSPS) is 21.9. The lowest BCUT2D eigenvalue weighted by Crippen LogP contribution is -2.41. The summed E-state index contributed by atoms with van der Waals surface area (Å²) in [6.07, 6.45) is 3.22. The van der Waals surface area contributed by atoms with E-state index in [1.54, 1.807) is 0 Å². The zero-order chi connectivity index (χ0) is 22.1. The molecular weight excluding hydrogens is 386 g/mol. The third-order valence-electron chi connectivity index (χ3n) is 7.05. The summed E-state index contributed by atoms with van der Waals surface area (Å²) in [6.45, 7) is 10.8. The molecule has 31 heavy (non-hydrogen) atoms. The van der Waals surface area contributed by atoms with E-state index in [1.807, 2.05) is 31.2 Å². The summed E-state index contributed by atoms with van der Waals surface area (Å²) >= 11 is 0. The highest BCUT2D eigenvalue weighted by atomic mass is 16.5. The van der Waals surface area contributed by atoms with Crippen molar-refractivity contribution < 1.29 is 9.53 Å². The highest BCUT2D eigenvalue weighted by Crippen LogP contribution is 2.31. The van der Waals surface area contributed by atoms with Gasteiger partial charge >= 0.3 is 0 Å². The molecule has 1 aromatic heterocycles. The number of hydrogen-bond donors (Lipinski definition) is 0. The maximum Gasteiger partial charge on any atom is 0.178 e. The second-order valence-corrected chi connectivity index (χ2v) is 9.57. The Balaban J connectivity index is 1.65. The monoisotopic (exact) mass is 419 g/mol. The molecule has 5 heteroatoms. The fraction of sp³-hybridized carbons (Fsp3) is 0.538. The minimum atomic E-state index is 0.204. The molecule has 0 bridgehead atoms. The van der Waals surface area contributed by atoms with Crippen LogP contribution in [0.3, 0.4) is 0 Å². The summed E-state index contributed by atoms with van der Waals surface area (Å²) in [5, 5.41) is 9.14. The molecule has 0 radical (unpaired) electrons. The van der Waals surface area contributed by atoms with E-state index in [9.17, 15) is 4.79 Å². The van der Waals surface area contributed by atoms with Gasteiger partial charge in [0.25, 0.3) is 0 Å². The second-order valence-electron chi connectivity index (χ2n) is 9.57. The lowest BCUT2D eigenvalue weighted by molar-refractivity contribution is -0.0318. The van der Waals surface area contributed by atoms with Crippen molar-refractivity contribution in [2.75, 3.05) is 19.8 Å². The average Bonchev–Trinajstić information content (AvgIpc) is 3.25. The largest absolute Gasteiger partial charge is 0.381 e. The third-order valence-corrected chi connectivity index (χ3v) is 7.05. The molecule has 4 rings (SSSR count). The zero-order valence-corrected chi connectivity index (χ0v) is 19.1. The van der Waals surface area contributed by atoms with Crippen molar-refractivity contribution in [1.29, 1.82) is 5.26 Å². The second kappa shape index (κ2) is 8.98. The zero-order valence-electron chi connectivity index (χ0n) is 19.1. The van der Waals surface area contributed by atoms with Crippen LogP contribution in [0.4, 0.5) is 0 Å². The Morgan fingerprint density at radius 1 is 1.23 bits per heavy atom. The van der Waals surface area contributed by atoms with E-state index in [0.29, 0.717) is 36.0 Å². The first kappa shape index (κ1) is 21.8. The number of aromatic nitrogens is 1. The first-order valence-corrected chi connectivity index (χ1v) is 11.5. The highest BCUT2D eigenvalue weighted by Gasteiger charge is 2.34. The molecule has 0 N–H and O–H groups in total. The first-order chi connectivity index (χ1) is 14.9. The van der Waals surface area contributed by atoms with Crippen LogP contribution in [0.15, 0.2) is 30.3 Å². The number of nitrogens with zero attached hydrogens (tertiary/aromatic N) is 3. The lowest BCUT2D eigenvalue weighted by Gasteiger charge is -2.30. The van der Waals surface area contributed by atoms with Gasteiger partial charge in [0.2, 0.25) is 0 Å². The van der Waals surface area contributed by atoms with Gasteiger partial charge in [0.1, 0.15) is 0 Å². The van der Waals surface area contributed by atoms with Gasteiger partial charge in [0.05, 0.1) is 31.4 Å². The Kier molecular flexibility index (Phi) is 6.31. The molecule has 3 heterocycles. The van der Waals surface area contributed by atoms with Crippen LogP contribution in [0.25, 0.3) is 5.69 Å². The number of rotatable bonds is 7. The molecule has 0 amide bonds. The van der Waals surface area contributed by atoms with E-state index >= 15 is 0 Å². The molecule has 1 aromatic carbocycles. The molecular formula is C26H33N3O2. The number of carbonyl (C=O) groups excluding carboxylic acids is 1. The molecule has 2 aliphatic heterocycles. The van der Waals surface area contributed by atoms with Crippen LogP contribution in [0.2, 0.25) is 0 Å². The molecule has 164 valence electrons. The van der Waals surface area contributed by atoms with Crippen LogP contribution in [0.1, 0.15) is 60.9 Å². The molecule has 2 saturated heterocycles. The Morgan fingerprint density at radius 3 is 2.52 bits per heavy atom. The van der Waals surface area contributed by atoms with Crippen LogP contribution < -0.4 is 0 Å². The maximum absolute atomic E-state index is 13.5. The van der Waals surface area contributed by atoms with E-state index in [1.165, 1.54) is 6.42 Å². The molecule has 2 aliphatic rings. The molecule has 0 saturated carbocycles. The number of nitriles is 1. The van der Waals surface area contributed by atoms with Crippen LogP contribution in [-0.4, -0.2) is 47.1 Å². The van der Waals surface area contributed by atoms with E-state index in [2.05, 4.69) is 42.4 Å². The molecule has 5 nitrogen and oxygen atoms in total. The van der Waals surface area contributed by atoms with Gasteiger partial charge < -0.3 is 9.30 Å². The van der Waals surface area contributed by atoms with E-state index < -0.39 is 0 Å². The van der Waals surface area contributed by atoms with Gasteiger partial charge in [-0.05, 0) is 69.4 Å². The number of likely N-dealkylation sites (tertiary alicyclic amines) is 1. The van der Waals surface area contributed by atoms with Gasteiger partial charge in [-0.1, -0.05) is 13.8 Å². The van der Waals surface area contributed by atoms with Crippen LogP contribution in [0.5, 0.6) is 0 Å². The standard InChI is InChI=1S/C26H33N3O2/c1-17(2)25-10-5-18(3)28(25)14-26(30)24-12-23(11-21-15-31-16-21)29(19(24)4)22-8-6-20(13-27)7-9-22/h6-9,12,17-18,21,25H,5,10-11,14-16H2,1-4H3. The van der Waals surface area contributed by atoms with Crippen molar-refractivity contribution in [1.82, 2.24) is 9.47 Å². The van der Waals surface area contributed by atoms with Gasteiger partial charge in [-0.25, -0.2) is 0 Å². The van der Waals surface area contributed by atoms with Crippen molar-refractivity contribution in [2.24, 2.45) is 11.8 Å². The number of ether oxygens (including phenoxy) is 1. The van der Waals surface area contributed by atoms with Crippen LogP contribution in [-0.2, 0) is 11.2 Å². The minimum Gasteiger partial charge on any atom is -0.381 e. The average molecular weight is 420 g/mol. The van der Waals surface area contributed by atoms with Gasteiger partial charge in [-0.3, -0.25) is 9.69 Å². The fourth-order valence-corrected chi connectivity index (χ4v) is 5.16. The summed E-state index contributed by atoms with van der Waals surface area (Å²) < 4.78 is 7.58. The number of benzene rings is 1. The third kappa shape index (κ3) is 4.33. The van der Waals surface area contributed by atoms with Crippen molar-refractivity contribution in [3.8, 4) is 11.8 Å². The quantitative estimate of drug-likeness (QED) is 0.619. The van der Waals surface area contributed by atoms with Crippen LogP contribution >= 0.6 is 0 Å². The van der Waals surface area contributed by atoms with Crippen molar-refractivity contribution in [2.45, 2.75) is 59.0 Å². The van der Waals surface area contributed by atoms with Crippen molar-refractivity contribution in [3.05, 3.63) is 52.8 Å². The predicted octanol–water partition coefficient (Wildman–Crippen LogP) is 4.54. The molecule has 2 atom stereocenters. The number of carbonyl (C=O) groups is 1. The summed E-state index contributed by atoms with van der Waals surface area (Å²) in [5.41, 5.74) is 4.59. The minimum absolute atomic E-state index is 0.204. The summed E-state index contributed by atoms with van der Waals surface area (Å²) in [7, 11) is 0. The highest BCUT2D eigenvalue weighted by molar-refractivity contribution is 5.99. The topological polar surface area (TPSA) is 58.3 Å². The Morgan fingerprint density at radius 2 is 1.94 bits per heavy atom. The Hall–Kier alpha value is -2.42. The smallest absolute Gasteiger partial charge is 0.178 e. The summed E-state index contributed by atoms with van der Waals surface area (Å²) in [6, 6.07) is 12.8. The Labute approximate surface area is 185 Å². The predicted molar refractivity (Wildman–Crippen MR) is 122 cm³/mol. The fourth-order valence-electron chi connectivity index (χ4n) is 5.16. The molecule has 0 aliphatic carbocycles. The van der Waals surface area contributed by atoms with Gasteiger partial charge in [0, 0.05) is 40.6 Å². The number of Topliss-reactive ketones (excluding diaryl/α,β-unsaturated/α-hetero) is 1. The SMILES string of the molecule is Cc1c(C(=O)CN2C(C)CCC2C(C)C)cc(CC2COC2)n1-c1ccc(C#N)cc1. The van der Waals surface area contributed by atoms with E-state index in [4.69, 9.17) is 10.00 Å². The maximum atomic E-state index is 13.5. The lowest BCUT2D eigenvalue weighted by atomic mass is 10.0. The van der Waals surface area contributed by atoms with Crippen molar-refractivity contribution in [3.63, 3.8) is 0 Å². The molecule has 2 aromatic rings. The molecule has 2 fully saturated rings. The molecule has 0 spiro atoms. The first-order valence-electron chi connectivity index (χ1n) is 11.5. The summed E-state index contributed by atoms with van der Waals surface area (Å²) in [5.74, 6) is 1.25. The van der Waals surface area contributed by atoms with Gasteiger partial charge in [0.15, 0.2) is 5.78 Å². The molecule has 2 unspecified atom stereocenters. The van der Waals surface area contributed by atoms with Crippen molar-refractivity contribution >= 4 is 5.78 Å².